The molecule has 5 heteroatoms. The molecule has 2 aliphatic rings. The van der Waals surface area contributed by atoms with Crippen LogP contribution in [-0.2, 0) is 4.79 Å². The Bertz CT molecular complexity index is 308. The van der Waals surface area contributed by atoms with Gasteiger partial charge in [-0.25, -0.2) is 0 Å². The molecule has 0 aromatic heterocycles. The summed E-state index contributed by atoms with van der Waals surface area (Å²) in [6.07, 6.45) is 5.62. The highest BCUT2D eigenvalue weighted by molar-refractivity contribution is 7.99. The number of amides is 1. The van der Waals surface area contributed by atoms with Crippen molar-refractivity contribution in [1.29, 1.82) is 0 Å². The second kappa shape index (κ2) is 8.25. The molecule has 3 atom stereocenters. The minimum absolute atomic E-state index is 0.0431. The summed E-state index contributed by atoms with van der Waals surface area (Å²) in [5, 5.41) is 12.7. The number of nitrogens with zero attached hydrogens (tertiary/aromatic N) is 1. The summed E-state index contributed by atoms with van der Waals surface area (Å²) in [5.41, 5.74) is 0. The van der Waals surface area contributed by atoms with Gasteiger partial charge < -0.3 is 10.4 Å². The molecule has 1 saturated heterocycles. The Morgan fingerprint density at radius 3 is 2.70 bits per heavy atom. The highest BCUT2D eigenvalue weighted by atomic mass is 32.2. The Hall–Kier alpha value is -0.260. The zero-order chi connectivity index (χ0) is 14.4. The monoisotopic (exact) mass is 300 g/mol. The molecule has 0 aromatic rings. The molecule has 2 rings (SSSR count). The van der Waals surface area contributed by atoms with E-state index in [1.165, 1.54) is 12.8 Å². The molecular formula is C15H28N2O2S. The molecule has 1 saturated carbocycles. The van der Waals surface area contributed by atoms with E-state index in [2.05, 4.69) is 10.2 Å². The zero-order valence-electron chi connectivity index (χ0n) is 12.5. The SMILES string of the molecule is CC(C(=O)NC1CCCCCC1CO)N1CCSCC1. The van der Waals surface area contributed by atoms with E-state index in [1.54, 1.807) is 0 Å². The second-order valence-corrected chi connectivity index (χ2v) is 7.24. The van der Waals surface area contributed by atoms with Gasteiger partial charge in [0.15, 0.2) is 0 Å². The number of aliphatic hydroxyl groups is 1. The Balaban J connectivity index is 1.87. The number of hydrogen-bond acceptors (Lipinski definition) is 4. The topological polar surface area (TPSA) is 52.6 Å². The van der Waals surface area contributed by atoms with Gasteiger partial charge in [-0.1, -0.05) is 19.3 Å². The molecule has 2 fully saturated rings. The molecule has 2 N–H and O–H groups in total. The van der Waals surface area contributed by atoms with Crippen LogP contribution in [0.25, 0.3) is 0 Å². The van der Waals surface area contributed by atoms with Crippen LogP contribution in [0.15, 0.2) is 0 Å². The molecule has 0 bridgehead atoms. The zero-order valence-corrected chi connectivity index (χ0v) is 13.3. The van der Waals surface area contributed by atoms with Gasteiger partial charge in [0.05, 0.1) is 6.04 Å². The van der Waals surface area contributed by atoms with Crippen molar-refractivity contribution in [2.24, 2.45) is 5.92 Å². The van der Waals surface area contributed by atoms with Crippen LogP contribution >= 0.6 is 11.8 Å². The molecule has 0 radical (unpaired) electrons. The molecule has 0 spiro atoms. The van der Waals surface area contributed by atoms with Crippen molar-refractivity contribution in [3.8, 4) is 0 Å². The third kappa shape index (κ3) is 4.37. The maximum atomic E-state index is 12.4. The van der Waals surface area contributed by atoms with Gasteiger partial charge in [-0.2, -0.15) is 11.8 Å². The summed E-state index contributed by atoms with van der Waals surface area (Å²) in [4.78, 5) is 14.7. The summed E-state index contributed by atoms with van der Waals surface area (Å²) in [6.45, 7) is 4.22. The van der Waals surface area contributed by atoms with Crippen LogP contribution in [0.3, 0.4) is 0 Å². The number of thioether (sulfide) groups is 1. The minimum Gasteiger partial charge on any atom is -0.396 e. The predicted octanol–water partition coefficient (Wildman–Crippen LogP) is 1.48. The molecule has 1 aliphatic heterocycles. The molecule has 0 aromatic carbocycles. The van der Waals surface area contributed by atoms with Crippen LogP contribution in [0.4, 0.5) is 0 Å². The van der Waals surface area contributed by atoms with Crippen molar-refractivity contribution in [3.63, 3.8) is 0 Å². The third-order valence-electron chi connectivity index (χ3n) is 4.69. The summed E-state index contributed by atoms with van der Waals surface area (Å²) in [7, 11) is 0. The highest BCUT2D eigenvalue weighted by Crippen LogP contribution is 2.23. The lowest BCUT2D eigenvalue weighted by molar-refractivity contribution is -0.127. The van der Waals surface area contributed by atoms with Crippen LogP contribution in [-0.4, -0.2) is 59.2 Å². The van der Waals surface area contributed by atoms with E-state index < -0.39 is 0 Å². The summed E-state index contributed by atoms with van der Waals surface area (Å²) < 4.78 is 0. The quantitative estimate of drug-likeness (QED) is 0.772. The first-order valence-corrected chi connectivity index (χ1v) is 9.11. The van der Waals surface area contributed by atoms with Crippen molar-refractivity contribution in [1.82, 2.24) is 10.2 Å². The van der Waals surface area contributed by atoms with Gasteiger partial charge in [0.25, 0.3) is 0 Å². The molecule has 1 amide bonds. The normalized spacial score (nSPS) is 30.5. The van der Waals surface area contributed by atoms with E-state index in [9.17, 15) is 9.90 Å². The van der Waals surface area contributed by atoms with E-state index in [4.69, 9.17) is 0 Å². The van der Waals surface area contributed by atoms with E-state index in [0.29, 0.717) is 0 Å². The predicted molar refractivity (Wildman–Crippen MR) is 84.0 cm³/mol. The van der Waals surface area contributed by atoms with Gasteiger partial charge in [0.1, 0.15) is 0 Å². The summed E-state index contributed by atoms with van der Waals surface area (Å²) in [5.74, 6) is 2.63. The first-order valence-electron chi connectivity index (χ1n) is 7.95. The lowest BCUT2D eigenvalue weighted by atomic mass is 9.95. The van der Waals surface area contributed by atoms with Gasteiger partial charge in [-0.15, -0.1) is 0 Å². The number of rotatable bonds is 4. The Morgan fingerprint density at radius 1 is 1.30 bits per heavy atom. The number of hydrogen-bond donors (Lipinski definition) is 2. The lowest BCUT2D eigenvalue weighted by Gasteiger charge is -2.33. The van der Waals surface area contributed by atoms with Crippen LogP contribution < -0.4 is 5.32 Å². The number of aliphatic hydroxyl groups excluding tert-OH is 1. The van der Waals surface area contributed by atoms with Gasteiger partial charge in [-0.05, 0) is 19.8 Å². The van der Waals surface area contributed by atoms with Gasteiger partial charge in [0.2, 0.25) is 5.91 Å². The van der Waals surface area contributed by atoms with E-state index in [1.807, 2.05) is 18.7 Å². The minimum atomic E-state index is -0.0431. The van der Waals surface area contributed by atoms with Gasteiger partial charge in [-0.3, -0.25) is 9.69 Å². The summed E-state index contributed by atoms with van der Waals surface area (Å²) >= 11 is 1.96. The fraction of sp³-hybridized carbons (Fsp3) is 0.933. The van der Waals surface area contributed by atoms with E-state index in [0.717, 1.165) is 43.9 Å². The molecule has 3 unspecified atom stereocenters. The lowest BCUT2D eigenvalue weighted by Crippen LogP contribution is -2.52. The average Bonchev–Trinajstić information content (AvgIpc) is 2.72. The molecule has 1 heterocycles. The molecular weight excluding hydrogens is 272 g/mol. The maximum absolute atomic E-state index is 12.4. The molecule has 20 heavy (non-hydrogen) atoms. The number of carbonyl (C=O) groups excluding carboxylic acids is 1. The Labute approximate surface area is 126 Å². The average molecular weight is 300 g/mol. The number of carbonyl (C=O) groups is 1. The van der Waals surface area contributed by atoms with Gasteiger partial charge >= 0.3 is 0 Å². The standard InChI is InChI=1S/C15H28N2O2S/c1-12(17-7-9-20-10-8-17)15(19)16-14-6-4-2-3-5-13(14)11-18/h12-14,18H,2-11H2,1H3,(H,16,19). The van der Waals surface area contributed by atoms with Crippen LogP contribution in [0.1, 0.15) is 39.0 Å². The first-order chi connectivity index (χ1) is 9.72. The fourth-order valence-electron chi connectivity index (χ4n) is 3.23. The van der Waals surface area contributed by atoms with Crippen molar-refractivity contribution >= 4 is 17.7 Å². The second-order valence-electron chi connectivity index (χ2n) is 6.02. The van der Waals surface area contributed by atoms with Crippen molar-refractivity contribution < 1.29 is 9.90 Å². The maximum Gasteiger partial charge on any atom is 0.237 e. The largest absolute Gasteiger partial charge is 0.396 e. The van der Waals surface area contributed by atoms with Gasteiger partial charge in [0, 0.05) is 43.2 Å². The fourth-order valence-corrected chi connectivity index (χ4v) is 4.16. The number of nitrogens with one attached hydrogen (secondary N) is 1. The Morgan fingerprint density at radius 2 is 2.00 bits per heavy atom. The molecule has 1 aliphatic carbocycles. The highest BCUT2D eigenvalue weighted by Gasteiger charge is 2.28. The van der Waals surface area contributed by atoms with Crippen molar-refractivity contribution in [2.75, 3.05) is 31.2 Å². The van der Waals surface area contributed by atoms with E-state index in [-0.39, 0.29) is 30.5 Å². The van der Waals surface area contributed by atoms with Crippen LogP contribution in [0.5, 0.6) is 0 Å². The van der Waals surface area contributed by atoms with Crippen molar-refractivity contribution in [2.45, 2.75) is 51.1 Å². The first kappa shape index (κ1) is 16.1. The third-order valence-corrected chi connectivity index (χ3v) is 5.64. The molecule has 116 valence electrons. The molecule has 4 nitrogen and oxygen atoms in total. The van der Waals surface area contributed by atoms with Crippen molar-refractivity contribution in [3.05, 3.63) is 0 Å². The van der Waals surface area contributed by atoms with Crippen LogP contribution in [0.2, 0.25) is 0 Å². The smallest absolute Gasteiger partial charge is 0.237 e. The van der Waals surface area contributed by atoms with Crippen LogP contribution in [0, 0.1) is 5.92 Å². The van der Waals surface area contributed by atoms with E-state index >= 15 is 0 Å². The summed E-state index contributed by atoms with van der Waals surface area (Å²) in [6, 6.07) is 0.120. The Kier molecular flexibility index (Phi) is 6.65.